The molecule has 0 aliphatic heterocycles. The Labute approximate surface area is 186 Å². The molecule has 0 atom stereocenters. The average molecular weight is 474 g/mol. The third-order valence-corrected chi connectivity index (χ3v) is 4.94. The molecular formula is C16H32N4S4Zn. The summed E-state index contributed by atoms with van der Waals surface area (Å²) in [4.78, 5) is 0. The Bertz CT molecular complexity index is 377. The second-order valence-corrected chi connectivity index (χ2v) is 8.07. The summed E-state index contributed by atoms with van der Waals surface area (Å²) in [5.74, 6) is 0. The van der Waals surface area contributed by atoms with Gasteiger partial charge in [0, 0.05) is 30.9 Å². The molecule has 25 heavy (non-hydrogen) atoms. The largest absolute Gasteiger partial charge is 0.262 e. The van der Waals surface area contributed by atoms with Gasteiger partial charge in [0.15, 0.2) is 8.64 Å². The number of hydrogen-bond donors (Lipinski definition) is 2. The normalized spacial score (nSPS) is 11.0. The van der Waals surface area contributed by atoms with Gasteiger partial charge in [-0.15, -0.1) is 0 Å². The predicted octanol–water partition coefficient (Wildman–Crippen LogP) is 5.58. The van der Waals surface area contributed by atoms with Crippen molar-refractivity contribution < 1.29 is 19.5 Å². The fourth-order valence-corrected chi connectivity index (χ4v) is 1.72. The van der Waals surface area contributed by atoms with Crippen LogP contribution in [0, 0.1) is 0 Å². The van der Waals surface area contributed by atoms with Gasteiger partial charge in [0.2, 0.25) is 0 Å². The first-order valence-electron chi connectivity index (χ1n) is 8.15. The van der Waals surface area contributed by atoms with Crippen LogP contribution in [0.3, 0.4) is 0 Å². The maximum Gasteiger partial charge on any atom is 0.153 e. The zero-order chi connectivity index (χ0) is 18.8. The van der Waals surface area contributed by atoms with E-state index in [0.717, 1.165) is 32.9 Å². The van der Waals surface area contributed by atoms with Crippen LogP contribution in [0.5, 0.6) is 0 Å². The predicted molar refractivity (Wildman–Crippen MR) is 124 cm³/mol. The van der Waals surface area contributed by atoms with Gasteiger partial charge >= 0.3 is 0 Å². The number of nitrogens with zero attached hydrogens (tertiary/aromatic N) is 2. The summed E-state index contributed by atoms with van der Waals surface area (Å²) in [5.41, 5.74) is 7.88. The molecule has 0 aromatic rings. The van der Waals surface area contributed by atoms with Crippen molar-refractivity contribution in [2.24, 2.45) is 10.2 Å². The van der Waals surface area contributed by atoms with Crippen molar-refractivity contribution in [1.82, 2.24) is 10.9 Å². The molecule has 0 bridgehead atoms. The Morgan fingerprint density at radius 3 is 1.36 bits per heavy atom. The van der Waals surface area contributed by atoms with Gasteiger partial charge < -0.3 is 0 Å². The molecule has 0 aromatic heterocycles. The smallest absolute Gasteiger partial charge is 0.153 e. The Morgan fingerprint density at radius 1 is 0.800 bits per heavy atom. The number of thiocarbonyl (C=S) groups is 2. The molecule has 0 saturated carbocycles. The zero-order valence-corrected chi connectivity index (χ0v) is 22.7. The number of rotatable bonds is 8. The molecule has 9 heteroatoms. The third-order valence-electron chi connectivity index (χ3n) is 2.83. The van der Waals surface area contributed by atoms with Gasteiger partial charge in [-0.2, -0.15) is 10.2 Å². The van der Waals surface area contributed by atoms with Crippen molar-refractivity contribution in [2.75, 3.05) is 12.5 Å². The van der Waals surface area contributed by atoms with Crippen LogP contribution in [0.1, 0.15) is 66.2 Å². The molecule has 0 rings (SSSR count). The monoisotopic (exact) mass is 472 g/mol. The van der Waals surface area contributed by atoms with Crippen molar-refractivity contribution in [1.29, 1.82) is 0 Å². The van der Waals surface area contributed by atoms with Crippen LogP contribution in [-0.4, -0.2) is 32.6 Å². The van der Waals surface area contributed by atoms with Crippen molar-refractivity contribution in [3.8, 4) is 0 Å². The van der Waals surface area contributed by atoms with Crippen molar-refractivity contribution >= 4 is 68.0 Å². The van der Waals surface area contributed by atoms with E-state index in [4.69, 9.17) is 24.4 Å². The molecule has 0 radical (unpaired) electrons. The van der Waals surface area contributed by atoms with E-state index >= 15 is 0 Å². The fraction of sp³-hybridized carbons (Fsp3) is 0.750. The first kappa shape index (κ1) is 30.2. The molecule has 4 nitrogen and oxygen atoms in total. The van der Waals surface area contributed by atoms with Crippen LogP contribution in [0.15, 0.2) is 10.2 Å². The second-order valence-electron chi connectivity index (χ2n) is 5.11. The van der Waals surface area contributed by atoms with Crippen molar-refractivity contribution in [2.45, 2.75) is 66.2 Å². The van der Waals surface area contributed by atoms with Crippen LogP contribution >= 0.6 is 48.0 Å². The van der Waals surface area contributed by atoms with E-state index in [1.165, 1.54) is 49.2 Å². The number of hydrazone groups is 2. The van der Waals surface area contributed by atoms with E-state index in [2.05, 4.69) is 34.9 Å². The second kappa shape index (κ2) is 22.5. The molecule has 0 fully saturated rings. The molecule has 2 N–H and O–H groups in total. The van der Waals surface area contributed by atoms with Crippen LogP contribution in [0.4, 0.5) is 0 Å². The van der Waals surface area contributed by atoms with Gasteiger partial charge in [-0.1, -0.05) is 74.6 Å². The van der Waals surface area contributed by atoms with E-state index in [9.17, 15) is 0 Å². The van der Waals surface area contributed by atoms with E-state index in [0.29, 0.717) is 0 Å². The van der Waals surface area contributed by atoms with Gasteiger partial charge in [-0.3, -0.25) is 10.9 Å². The number of nitrogens with one attached hydrogen (secondary N) is 2. The zero-order valence-electron chi connectivity index (χ0n) is 16.5. The van der Waals surface area contributed by atoms with Gasteiger partial charge in [-0.05, 0) is 52.0 Å². The Balaban J connectivity index is -0.000000372. The van der Waals surface area contributed by atoms with Crippen molar-refractivity contribution in [3.05, 3.63) is 0 Å². The van der Waals surface area contributed by atoms with Gasteiger partial charge in [0.25, 0.3) is 0 Å². The van der Waals surface area contributed by atoms with Crippen molar-refractivity contribution in [3.63, 3.8) is 0 Å². The summed E-state index contributed by atoms with van der Waals surface area (Å²) >= 11 is 12.9. The third kappa shape index (κ3) is 24.4. The molecular weight excluding hydrogens is 442 g/mol. The minimum Gasteiger partial charge on any atom is -0.262 e. The van der Waals surface area contributed by atoms with Gasteiger partial charge in [0.1, 0.15) is 0 Å². The summed E-state index contributed by atoms with van der Waals surface area (Å²) in [5, 5.41) is 8.27. The summed E-state index contributed by atoms with van der Waals surface area (Å²) in [6.07, 6.45) is 10.8. The van der Waals surface area contributed by atoms with E-state index < -0.39 is 0 Å². The van der Waals surface area contributed by atoms with Gasteiger partial charge in [-0.25, -0.2) is 0 Å². The SMILES string of the molecule is CCCCC(C)=NNC(=S)SC.CCCCC(C)=NNC(=S)SC.[Zn]. The van der Waals surface area contributed by atoms with Crippen LogP contribution in [-0.2, 0) is 19.5 Å². The standard InChI is InChI=1S/2C8H16N2S2.Zn/c2*1-4-5-6-7(2)9-10-8(11)12-3;/h2*4-6H2,1-3H3,(H,10,11);. The van der Waals surface area contributed by atoms with E-state index in [-0.39, 0.29) is 19.5 Å². The number of unbranched alkanes of at least 4 members (excludes halogenated alkanes) is 2. The van der Waals surface area contributed by atoms with Crippen LogP contribution in [0.25, 0.3) is 0 Å². The molecule has 0 aromatic carbocycles. The van der Waals surface area contributed by atoms with Crippen LogP contribution < -0.4 is 10.9 Å². The van der Waals surface area contributed by atoms with E-state index in [1.807, 2.05) is 26.4 Å². The van der Waals surface area contributed by atoms with Gasteiger partial charge in [0.05, 0.1) is 0 Å². The minimum atomic E-state index is 0. The number of hydrogen-bond acceptors (Lipinski definition) is 6. The van der Waals surface area contributed by atoms with E-state index in [1.54, 1.807) is 0 Å². The molecule has 0 aliphatic rings. The molecule has 0 aliphatic carbocycles. The summed E-state index contributed by atoms with van der Waals surface area (Å²) in [6.45, 7) is 8.39. The Morgan fingerprint density at radius 2 is 1.12 bits per heavy atom. The first-order chi connectivity index (χ1) is 11.4. The Kier molecular flexibility index (Phi) is 27.1. The topological polar surface area (TPSA) is 48.8 Å². The molecule has 142 valence electrons. The average Bonchev–Trinajstić information content (AvgIpc) is 2.60. The molecule has 0 heterocycles. The maximum atomic E-state index is 4.93. The first-order valence-corrected chi connectivity index (χ1v) is 11.4. The summed E-state index contributed by atoms with van der Waals surface area (Å²) in [7, 11) is 0. The molecule has 0 saturated heterocycles. The summed E-state index contributed by atoms with van der Waals surface area (Å²) < 4.78 is 1.46. The quantitative estimate of drug-likeness (QED) is 0.208. The molecule has 0 amide bonds. The van der Waals surface area contributed by atoms with Crippen LogP contribution in [0.2, 0.25) is 0 Å². The maximum absolute atomic E-state index is 4.93. The number of thioether (sulfide) groups is 2. The fourth-order valence-electron chi connectivity index (χ4n) is 1.35. The Hall–Kier alpha value is 0.443. The minimum absolute atomic E-state index is 0. The molecule has 0 unspecified atom stereocenters. The summed E-state index contributed by atoms with van der Waals surface area (Å²) in [6, 6.07) is 0. The molecule has 0 spiro atoms.